The van der Waals surface area contributed by atoms with Crippen LogP contribution >= 0.6 is 11.6 Å². The quantitative estimate of drug-likeness (QED) is 0.712. The lowest BCUT2D eigenvalue weighted by Gasteiger charge is -2.25. The van der Waals surface area contributed by atoms with E-state index in [9.17, 15) is 4.79 Å². The van der Waals surface area contributed by atoms with Crippen LogP contribution in [0.1, 0.15) is 12.5 Å². The average molecular weight is 270 g/mol. The highest BCUT2D eigenvalue weighted by Crippen LogP contribution is 2.10. The van der Waals surface area contributed by atoms with Crippen LogP contribution in [0, 0.1) is 5.92 Å². The number of amides is 1. The van der Waals surface area contributed by atoms with Gasteiger partial charge in [0.2, 0.25) is 5.91 Å². The Morgan fingerprint density at radius 3 is 2.61 bits per heavy atom. The topological polar surface area (TPSA) is 29.5 Å². The van der Waals surface area contributed by atoms with E-state index in [-0.39, 0.29) is 11.8 Å². The summed E-state index contributed by atoms with van der Waals surface area (Å²) in [6, 6.07) is 9.93. The number of carbonyl (C=O) groups excluding carboxylic acids is 1. The molecule has 0 bridgehead atoms. The van der Waals surface area contributed by atoms with Crippen LogP contribution in [0.5, 0.6) is 0 Å². The average Bonchev–Trinajstić information content (AvgIpc) is 2.42. The van der Waals surface area contributed by atoms with Gasteiger partial charge in [0, 0.05) is 32.0 Å². The molecular formula is C14H20ClNO2. The molecule has 1 unspecified atom stereocenters. The molecule has 1 aromatic rings. The lowest BCUT2D eigenvalue weighted by molar-refractivity contribution is -0.135. The molecule has 0 aliphatic heterocycles. The van der Waals surface area contributed by atoms with E-state index in [1.165, 1.54) is 0 Å². The van der Waals surface area contributed by atoms with Crippen molar-refractivity contribution in [3.63, 3.8) is 0 Å². The lowest BCUT2D eigenvalue weighted by atomic mass is 10.1. The fourth-order valence-electron chi connectivity index (χ4n) is 1.65. The molecule has 0 saturated heterocycles. The minimum atomic E-state index is -0.160. The third kappa shape index (κ3) is 4.67. The number of alkyl halides is 1. The van der Waals surface area contributed by atoms with Gasteiger partial charge in [-0.25, -0.2) is 0 Å². The van der Waals surface area contributed by atoms with Gasteiger partial charge in [-0.15, -0.1) is 11.6 Å². The van der Waals surface area contributed by atoms with Gasteiger partial charge < -0.3 is 9.64 Å². The Hall–Kier alpha value is -1.06. The zero-order valence-corrected chi connectivity index (χ0v) is 11.7. The first-order valence-corrected chi connectivity index (χ1v) is 6.60. The van der Waals surface area contributed by atoms with E-state index in [1.807, 2.05) is 37.3 Å². The van der Waals surface area contributed by atoms with Crippen molar-refractivity contribution in [1.82, 2.24) is 4.90 Å². The molecular weight excluding hydrogens is 250 g/mol. The number of halogens is 1. The number of rotatable bonds is 7. The smallest absolute Gasteiger partial charge is 0.226 e. The molecule has 0 fully saturated rings. The van der Waals surface area contributed by atoms with Crippen molar-refractivity contribution in [2.45, 2.75) is 13.5 Å². The molecule has 0 N–H and O–H groups in total. The summed E-state index contributed by atoms with van der Waals surface area (Å²) in [6.45, 7) is 3.57. The summed E-state index contributed by atoms with van der Waals surface area (Å²) in [5, 5.41) is 0. The van der Waals surface area contributed by atoms with Crippen LogP contribution in [0.4, 0.5) is 0 Å². The second-order valence-electron chi connectivity index (χ2n) is 4.29. The van der Waals surface area contributed by atoms with Gasteiger partial charge in [0.05, 0.1) is 6.61 Å². The second-order valence-corrected chi connectivity index (χ2v) is 4.60. The molecule has 0 heterocycles. The summed E-state index contributed by atoms with van der Waals surface area (Å²) in [5.41, 5.74) is 1.11. The van der Waals surface area contributed by atoms with E-state index in [4.69, 9.17) is 16.3 Å². The van der Waals surface area contributed by atoms with Gasteiger partial charge in [-0.2, -0.15) is 0 Å². The number of hydrogen-bond donors (Lipinski definition) is 0. The fraction of sp³-hybridized carbons (Fsp3) is 0.500. The molecule has 1 amide bonds. The van der Waals surface area contributed by atoms with Crippen LogP contribution in [-0.2, 0) is 16.1 Å². The Labute approximate surface area is 114 Å². The van der Waals surface area contributed by atoms with Crippen molar-refractivity contribution in [1.29, 1.82) is 0 Å². The van der Waals surface area contributed by atoms with E-state index in [0.29, 0.717) is 25.6 Å². The molecule has 1 atom stereocenters. The summed E-state index contributed by atoms with van der Waals surface area (Å²) < 4.78 is 5.05. The number of methoxy groups -OCH3 is 1. The van der Waals surface area contributed by atoms with Crippen LogP contribution < -0.4 is 0 Å². The Balaban J connectivity index is 2.69. The highest BCUT2D eigenvalue weighted by atomic mass is 35.5. The monoisotopic (exact) mass is 269 g/mol. The zero-order chi connectivity index (χ0) is 13.4. The molecule has 0 saturated carbocycles. The molecule has 3 nitrogen and oxygen atoms in total. The van der Waals surface area contributed by atoms with Crippen LogP contribution in [0.2, 0.25) is 0 Å². The molecule has 100 valence electrons. The van der Waals surface area contributed by atoms with Crippen molar-refractivity contribution in [2.75, 3.05) is 26.1 Å². The summed E-state index contributed by atoms with van der Waals surface area (Å²) in [7, 11) is 1.64. The largest absolute Gasteiger partial charge is 0.383 e. The minimum absolute atomic E-state index is 0.0749. The van der Waals surface area contributed by atoms with Crippen molar-refractivity contribution < 1.29 is 9.53 Å². The maximum absolute atomic E-state index is 12.2. The summed E-state index contributed by atoms with van der Waals surface area (Å²) in [5.74, 6) is 0.259. The number of hydrogen-bond acceptors (Lipinski definition) is 2. The fourth-order valence-corrected chi connectivity index (χ4v) is 1.78. The number of carbonyl (C=O) groups is 1. The van der Waals surface area contributed by atoms with Gasteiger partial charge in [-0.05, 0) is 5.56 Å². The first-order valence-electron chi connectivity index (χ1n) is 6.06. The van der Waals surface area contributed by atoms with Crippen LogP contribution in [0.3, 0.4) is 0 Å². The van der Waals surface area contributed by atoms with E-state index >= 15 is 0 Å². The Kier molecular flexibility index (Phi) is 6.76. The zero-order valence-electron chi connectivity index (χ0n) is 10.9. The van der Waals surface area contributed by atoms with Gasteiger partial charge in [0.15, 0.2) is 0 Å². The van der Waals surface area contributed by atoms with E-state index in [0.717, 1.165) is 5.56 Å². The third-order valence-corrected chi connectivity index (χ3v) is 3.21. The summed E-state index contributed by atoms with van der Waals surface area (Å²) in [4.78, 5) is 14.0. The molecule has 0 aliphatic carbocycles. The SMILES string of the molecule is COCCN(Cc1ccccc1)C(=O)C(C)CCl. The Morgan fingerprint density at radius 2 is 2.06 bits per heavy atom. The van der Waals surface area contributed by atoms with E-state index < -0.39 is 0 Å². The van der Waals surface area contributed by atoms with Crippen LogP contribution in [-0.4, -0.2) is 36.9 Å². The minimum Gasteiger partial charge on any atom is -0.383 e. The highest BCUT2D eigenvalue weighted by molar-refractivity contribution is 6.19. The van der Waals surface area contributed by atoms with Crippen LogP contribution in [0.15, 0.2) is 30.3 Å². The molecule has 1 rings (SSSR count). The number of ether oxygens (including phenoxy) is 1. The molecule has 1 aromatic carbocycles. The van der Waals surface area contributed by atoms with Gasteiger partial charge in [-0.3, -0.25) is 4.79 Å². The van der Waals surface area contributed by atoms with Crippen molar-refractivity contribution in [3.05, 3.63) is 35.9 Å². The van der Waals surface area contributed by atoms with Crippen molar-refractivity contribution >= 4 is 17.5 Å². The molecule has 0 aromatic heterocycles. The first-order chi connectivity index (χ1) is 8.69. The molecule has 0 spiro atoms. The van der Waals surface area contributed by atoms with Gasteiger partial charge in [0.25, 0.3) is 0 Å². The maximum Gasteiger partial charge on any atom is 0.226 e. The van der Waals surface area contributed by atoms with Crippen molar-refractivity contribution in [3.8, 4) is 0 Å². The Morgan fingerprint density at radius 1 is 1.39 bits per heavy atom. The van der Waals surface area contributed by atoms with Gasteiger partial charge >= 0.3 is 0 Å². The normalized spacial score (nSPS) is 12.2. The van der Waals surface area contributed by atoms with Gasteiger partial charge in [-0.1, -0.05) is 37.3 Å². The lowest BCUT2D eigenvalue weighted by Crippen LogP contribution is -2.37. The third-order valence-electron chi connectivity index (χ3n) is 2.75. The number of nitrogens with zero attached hydrogens (tertiary/aromatic N) is 1. The van der Waals surface area contributed by atoms with Crippen LogP contribution in [0.25, 0.3) is 0 Å². The molecule has 0 radical (unpaired) electrons. The highest BCUT2D eigenvalue weighted by Gasteiger charge is 2.19. The predicted octanol–water partition coefficient (Wildman–Crippen LogP) is 2.54. The molecule has 0 aliphatic rings. The maximum atomic E-state index is 12.2. The van der Waals surface area contributed by atoms with E-state index in [1.54, 1.807) is 12.0 Å². The van der Waals surface area contributed by atoms with Gasteiger partial charge in [0.1, 0.15) is 0 Å². The second kappa shape index (κ2) is 8.11. The Bertz CT molecular complexity index is 356. The first kappa shape index (κ1) is 15.0. The summed E-state index contributed by atoms with van der Waals surface area (Å²) >= 11 is 5.75. The molecule has 18 heavy (non-hydrogen) atoms. The van der Waals surface area contributed by atoms with Crippen molar-refractivity contribution in [2.24, 2.45) is 5.92 Å². The summed E-state index contributed by atoms with van der Waals surface area (Å²) in [6.07, 6.45) is 0. The number of benzene rings is 1. The standard InChI is InChI=1S/C14H20ClNO2/c1-12(10-15)14(17)16(8-9-18-2)11-13-6-4-3-5-7-13/h3-7,12H,8-11H2,1-2H3. The molecule has 4 heteroatoms. The van der Waals surface area contributed by atoms with E-state index in [2.05, 4.69) is 0 Å². The predicted molar refractivity (Wildman–Crippen MR) is 73.6 cm³/mol.